The number of hydrogen-bond acceptors (Lipinski definition) is 11. The molecule has 1 aliphatic rings. The fourth-order valence-electron chi connectivity index (χ4n) is 10.1. The van der Waals surface area contributed by atoms with Crippen LogP contribution in [0.25, 0.3) is 66.8 Å². The Balaban J connectivity index is 0.928. The largest absolute Gasteiger partial charge is 0.459 e. The van der Waals surface area contributed by atoms with Crippen molar-refractivity contribution in [1.29, 1.82) is 0 Å². The first-order valence-electron chi connectivity index (χ1n) is 26.8. The number of hydrogen-bond donors (Lipinski definition) is 4. The van der Waals surface area contributed by atoms with Gasteiger partial charge in [-0.1, -0.05) is 73.8 Å². The van der Waals surface area contributed by atoms with Gasteiger partial charge in [0.1, 0.15) is 11.3 Å². The molecule has 0 spiro atoms. The number of benzene rings is 4. The molecular formula is C64H67N9O7. The minimum absolute atomic E-state index is 0.0176. The maximum absolute atomic E-state index is 14.0. The predicted octanol–water partition coefficient (Wildman–Crippen LogP) is 11.1. The first-order chi connectivity index (χ1) is 38.4. The molecule has 0 atom stereocenters. The van der Waals surface area contributed by atoms with E-state index in [4.69, 9.17) is 9.47 Å². The maximum Gasteiger partial charge on any atom is 0.339 e. The molecule has 1 fully saturated rings. The zero-order valence-corrected chi connectivity index (χ0v) is 46.4. The van der Waals surface area contributed by atoms with E-state index < -0.39 is 11.9 Å². The molecule has 3 amide bonds. The van der Waals surface area contributed by atoms with E-state index in [1.807, 2.05) is 86.6 Å². The van der Waals surface area contributed by atoms with Crippen LogP contribution in [0.3, 0.4) is 0 Å². The van der Waals surface area contributed by atoms with Crippen LogP contribution < -0.4 is 10.6 Å². The van der Waals surface area contributed by atoms with E-state index in [-0.39, 0.29) is 36.4 Å². The van der Waals surface area contributed by atoms with Crippen LogP contribution in [0, 0.1) is 6.92 Å². The quantitative estimate of drug-likeness (QED) is 0.0444. The molecule has 0 radical (unpaired) electrons. The molecular weight excluding hydrogens is 1010 g/mol. The highest BCUT2D eigenvalue weighted by Gasteiger charge is 2.25. The Morgan fingerprint density at radius 1 is 0.650 bits per heavy atom. The summed E-state index contributed by atoms with van der Waals surface area (Å²) in [5.74, 6) is -1.65. The molecule has 1 saturated heterocycles. The number of carbonyl (C=O) groups is 5. The van der Waals surface area contributed by atoms with Crippen molar-refractivity contribution in [2.45, 2.75) is 72.8 Å². The van der Waals surface area contributed by atoms with Gasteiger partial charge in [-0.3, -0.25) is 19.3 Å². The number of nitrogens with one attached hydrogen (secondary N) is 4. The summed E-state index contributed by atoms with van der Waals surface area (Å²) in [6.07, 6.45) is 5.46. The Morgan fingerprint density at radius 2 is 1.16 bits per heavy atom. The summed E-state index contributed by atoms with van der Waals surface area (Å²) in [6, 6.07) is 31.8. The van der Waals surface area contributed by atoms with Crippen molar-refractivity contribution in [3.63, 3.8) is 0 Å². The highest BCUT2D eigenvalue weighted by molar-refractivity contribution is 6.08. The molecule has 9 rings (SSSR count). The molecule has 5 heterocycles. The number of carbonyl (C=O) groups excluding carboxylic acids is 5. The lowest BCUT2D eigenvalue weighted by atomic mass is 9.95. The summed E-state index contributed by atoms with van der Waals surface area (Å²) in [6.45, 7) is 20.3. The molecule has 0 bridgehead atoms. The first kappa shape index (κ1) is 55.8. The Kier molecular flexibility index (Phi) is 17.0. The number of esters is 2. The molecule has 0 unspecified atom stereocenters. The number of aromatic nitrogens is 4. The van der Waals surface area contributed by atoms with Crippen LogP contribution in [-0.4, -0.2) is 117 Å². The average molecular weight is 1070 g/mol. The summed E-state index contributed by atoms with van der Waals surface area (Å²) in [5, 5.41) is 7.36. The number of H-pyrrole nitrogens is 2. The Morgan fingerprint density at radius 3 is 1.70 bits per heavy atom. The standard InChI is InChI=1S/C64H67N9O7/c1-10-54(74)67-52-32-44(19-18-40(52)7)57-50-30-48(63(77)79-38(3)4)34-65-61(50)70-60(57)47-17-13-15-42(29-47)37-72-24-26-73(27-25-72)56(76)23-22-43-20-21-45(33-53(43)68-55(75)11-2)58-51-31-49(64(78)80-39(5)6)35-66-62(51)69-59(58)46-16-12-14-41(28-46)36-71(8)9/h10-21,28-35,38-39H,1-2,22-27,36-37H2,3-9H3,(H,65,70)(H,66,69)(H,67,74)(H,68,75). The fourth-order valence-corrected chi connectivity index (χ4v) is 10.1. The van der Waals surface area contributed by atoms with Crippen molar-refractivity contribution in [1.82, 2.24) is 34.6 Å². The second-order valence-corrected chi connectivity index (χ2v) is 21.0. The van der Waals surface area contributed by atoms with Gasteiger partial charge in [0.05, 0.1) is 34.7 Å². The van der Waals surface area contributed by atoms with Gasteiger partial charge in [0.2, 0.25) is 17.7 Å². The van der Waals surface area contributed by atoms with E-state index in [9.17, 15) is 24.0 Å². The van der Waals surface area contributed by atoms with Crippen LogP contribution in [0.15, 0.2) is 135 Å². The maximum atomic E-state index is 14.0. The number of nitrogens with zero attached hydrogens (tertiary/aromatic N) is 5. The second-order valence-electron chi connectivity index (χ2n) is 21.0. The summed E-state index contributed by atoms with van der Waals surface area (Å²) in [7, 11) is 4.04. The van der Waals surface area contributed by atoms with E-state index >= 15 is 0 Å². The number of rotatable bonds is 19. The third-order valence-corrected chi connectivity index (χ3v) is 13.9. The zero-order valence-electron chi connectivity index (χ0n) is 46.4. The van der Waals surface area contributed by atoms with Gasteiger partial charge < -0.3 is 39.9 Å². The number of ether oxygens (including phenoxy) is 2. The number of fused-ring (bicyclic) bond motifs is 2. The van der Waals surface area contributed by atoms with E-state index in [0.717, 1.165) is 79.0 Å². The van der Waals surface area contributed by atoms with Gasteiger partial charge in [0, 0.05) is 91.4 Å². The highest BCUT2D eigenvalue weighted by atomic mass is 16.5. The Bertz CT molecular complexity index is 3690. The van der Waals surface area contributed by atoms with Crippen LogP contribution in [0.5, 0.6) is 0 Å². The van der Waals surface area contributed by atoms with Crippen LogP contribution in [0.1, 0.15) is 77.1 Å². The van der Waals surface area contributed by atoms with Crippen molar-refractivity contribution in [2.24, 2.45) is 0 Å². The van der Waals surface area contributed by atoms with Crippen molar-refractivity contribution in [3.05, 3.63) is 168 Å². The number of amides is 3. The second kappa shape index (κ2) is 24.4. The Labute approximate surface area is 465 Å². The topological polar surface area (TPSA) is 195 Å². The van der Waals surface area contributed by atoms with E-state index in [0.29, 0.717) is 78.3 Å². The van der Waals surface area contributed by atoms with E-state index in [2.05, 4.69) is 77.8 Å². The van der Waals surface area contributed by atoms with Crippen molar-refractivity contribution in [3.8, 4) is 44.8 Å². The molecule has 0 aliphatic carbocycles. The van der Waals surface area contributed by atoms with Crippen LogP contribution in [0.2, 0.25) is 0 Å². The number of anilines is 2. The van der Waals surface area contributed by atoms with Gasteiger partial charge in [-0.15, -0.1) is 0 Å². The molecule has 1 aliphatic heterocycles. The lowest BCUT2D eigenvalue weighted by Gasteiger charge is -2.35. The number of pyridine rings is 2. The van der Waals surface area contributed by atoms with Crippen molar-refractivity contribution in [2.75, 3.05) is 50.9 Å². The van der Waals surface area contributed by atoms with Gasteiger partial charge in [-0.05, 0) is 148 Å². The summed E-state index contributed by atoms with van der Waals surface area (Å²) in [5.41, 5.74) is 13.5. The number of aryl methyl sites for hydroxylation is 2. The Hall–Kier alpha value is -8.99. The normalized spacial score (nSPS) is 12.8. The summed E-state index contributed by atoms with van der Waals surface area (Å²) in [4.78, 5) is 88.5. The predicted molar refractivity (Wildman–Crippen MR) is 315 cm³/mol. The van der Waals surface area contributed by atoms with Gasteiger partial charge in [-0.25, -0.2) is 19.6 Å². The molecule has 80 heavy (non-hydrogen) atoms. The van der Waals surface area contributed by atoms with Crippen molar-refractivity contribution < 1.29 is 33.4 Å². The third-order valence-electron chi connectivity index (χ3n) is 13.9. The van der Waals surface area contributed by atoms with Crippen molar-refractivity contribution >= 4 is 63.1 Å². The summed E-state index contributed by atoms with van der Waals surface area (Å²) < 4.78 is 11.1. The third kappa shape index (κ3) is 12.8. The molecule has 4 aromatic carbocycles. The molecule has 4 N–H and O–H groups in total. The minimum atomic E-state index is -0.478. The van der Waals surface area contributed by atoms with Gasteiger partial charge in [-0.2, -0.15) is 0 Å². The van der Waals surface area contributed by atoms with Crippen LogP contribution >= 0.6 is 0 Å². The van der Waals surface area contributed by atoms with Gasteiger partial charge in [0.15, 0.2) is 0 Å². The lowest BCUT2D eigenvalue weighted by Crippen LogP contribution is -2.48. The molecule has 410 valence electrons. The lowest BCUT2D eigenvalue weighted by molar-refractivity contribution is -0.133. The minimum Gasteiger partial charge on any atom is -0.459 e. The van der Waals surface area contributed by atoms with Crippen LogP contribution in [0.4, 0.5) is 11.4 Å². The molecule has 16 nitrogen and oxygen atoms in total. The van der Waals surface area contributed by atoms with Gasteiger partial charge >= 0.3 is 11.9 Å². The van der Waals surface area contributed by atoms with Gasteiger partial charge in [0.25, 0.3) is 0 Å². The number of piperazine rings is 1. The molecule has 4 aromatic heterocycles. The molecule has 8 aromatic rings. The molecule has 16 heteroatoms. The van der Waals surface area contributed by atoms with E-state index in [1.165, 1.54) is 24.5 Å². The average Bonchev–Trinajstić information content (AvgIpc) is 4.19. The zero-order chi connectivity index (χ0) is 56.8. The van der Waals surface area contributed by atoms with E-state index in [1.54, 1.807) is 39.8 Å². The molecule has 0 saturated carbocycles. The fraction of sp³-hybridized carbons (Fsp3) is 0.266. The number of aromatic amines is 2. The first-order valence-corrected chi connectivity index (χ1v) is 26.8. The summed E-state index contributed by atoms with van der Waals surface area (Å²) >= 11 is 0. The van der Waals surface area contributed by atoms with Crippen LogP contribution in [-0.2, 0) is 43.4 Å². The highest BCUT2D eigenvalue weighted by Crippen LogP contribution is 2.42. The smallest absolute Gasteiger partial charge is 0.339 e. The monoisotopic (exact) mass is 1070 g/mol. The SMILES string of the molecule is C=CC(=O)Nc1cc(-c2c(-c3cccc(CN4CCN(C(=O)CCc5ccc(-c6c(-c7cccc(CN(C)C)c7)[nH]c7ncc(C(=O)OC(C)C)cc67)cc5NC(=O)C=C)CC4)c3)[nH]c3ncc(C(=O)OC(C)C)cc23)ccc1C.